The van der Waals surface area contributed by atoms with Crippen LogP contribution in [0.5, 0.6) is 0 Å². The molecule has 0 saturated heterocycles. The van der Waals surface area contributed by atoms with Crippen LogP contribution < -0.4 is 11.5 Å². The number of nitrogens with zero attached hydrogens (tertiary/aromatic N) is 1. The molecule has 3 nitrogen and oxygen atoms in total. The number of alkyl halides is 3. The smallest absolute Gasteiger partial charge is 0.398 e. The molecule has 0 fully saturated rings. The topological polar surface area (TPSA) is 64.9 Å². The van der Waals surface area contributed by atoms with Crippen molar-refractivity contribution in [3.8, 4) is 11.3 Å². The Hall–Kier alpha value is -2.24. The van der Waals surface area contributed by atoms with Crippen molar-refractivity contribution < 1.29 is 13.2 Å². The number of nitrogens with two attached hydrogens (primary N) is 2. The van der Waals surface area contributed by atoms with E-state index in [1.54, 1.807) is 12.1 Å². The van der Waals surface area contributed by atoms with Crippen LogP contribution in [0.4, 0.5) is 24.5 Å². The summed E-state index contributed by atoms with van der Waals surface area (Å²) in [6.45, 7) is 0. The van der Waals surface area contributed by atoms with Crippen molar-refractivity contribution in [3.05, 3.63) is 42.1 Å². The molecule has 18 heavy (non-hydrogen) atoms. The SMILES string of the molecule is Nc1ccc(C(F)(F)F)cc1-c1ncccc1N. The van der Waals surface area contributed by atoms with Crippen LogP contribution in [0.3, 0.4) is 0 Å². The van der Waals surface area contributed by atoms with E-state index in [0.29, 0.717) is 0 Å². The first-order chi connectivity index (χ1) is 8.39. The van der Waals surface area contributed by atoms with E-state index in [1.807, 2.05) is 0 Å². The van der Waals surface area contributed by atoms with Gasteiger partial charge in [-0.25, -0.2) is 0 Å². The van der Waals surface area contributed by atoms with Gasteiger partial charge in [-0.1, -0.05) is 0 Å². The predicted octanol–water partition coefficient (Wildman–Crippen LogP) is 2.93. The maximum Gasteiger partial charge on any atom is 0.416 e. The summed E-state index contributed by atoms with van der Waals surface area (Å²) in [5, 5.41) is 0. The molecular weight excluding hydrogens is 243 g/mol. The molecule has 94 valence electrons. The third-order valence-corrected chi connectivity index (χ3v) is 2.47. The maximum atomic E-state index is 12.6. The molecule has 1 heterocycles. The van der Waals surface area contributed by atoms with Crippen LogP contribution in [0.15, 0.2) is 36.5 Å². The lowest BCUT2D eigenvalue weighted by Gasteiger charge is -2.12. The normalized spacial score (nSPS) is 11.5. The summed E-state index contributed by atoms with van der Waals surface area (Å²) < 4.78 is 37.9. The van der Waals surface area contributed by atoms with E-state index in [1.165, 1.54) is 12.3 Å². The van der Waals surface area contributed by atoms with E-state index in [4.69, 9.17) is 11.5 Å². The Morgan fingerprint density at radius 2 is 1.72 bits per heavy atom. The number of benzene rings is 1. The number of rotatable bonds is 1. The average molecular weight is 253 g/mol. The monoisotopic (exact) mass is 253 g/mol. The number of nitrogen functional groups attached to an aromatic ring is 2. The second-order valence-electron chi connectivity index (χ2n) is 3.74. The number of hydrogen-bond acceptors (Lipinski definition) is 3. The Bertz CT molecular complexity index is 579. The lowest BCUT2D eigenvalue weighted by atomic mass is 10.0. The fourth-order valence-corrected chi connectivity index (χ4v) is 1.58. The van der Waals surface area contributed by atoms with E-state index >= 15 is 0 Å². The Morgan fingerprint density at radius 1 is 1.00 bits per heavy atom. The molecule has 0 atom stereocenters. The van der Waals surface area contributed by atoms with Crippen molar-refractivity contribution in [3.63, 3.8) is 0 Å². The Balaban J connectivity index is 2.61. The summed E-state index contributed by atoms with van der Waals surface area (Å²) in [7, 11) is 0. The highest BCUT2D eigenvalue weighted by molar-refractivity contribution is 5.81. The summed E-state index contributed by atoms with van der Waals surface area (Å²) in [5.74, 6) is 0. The van der Waals surface area contributed by atoms with Crippen LogP contribution in [-0.2, 0) is 6.18 Å². The average Bonchev–Trinajstić information content (AvgIpc) is 2.29. The number of anilines is 2. The van der Waals surface area contributed by atoms with Gasteiger partial charge in [-0.2, -0.15) is 13.2 Å². The number of hydrogen-bond donors (Lipinski definition) is 2. The predicted molar refractivity (Wildman–Crippen MR) is 63.5 cm³/mol. The molecule has 1 aromatic carbocycles. The zero-order valence-electron chi connectivity index (χ0n) is 9.20. The number of pyridine rings is 1. The molecule has 0 bridgehead atoms. The van der Waals surface area contributed by atoms with E-state index in [9.17, 15) is 13.2 Å². The van der Waals surface area contributed by atoms with Gasteiger partial charge in [0.1, 0.15) is 0 Å². The lowest BCUT2D eigenvalue weighted by molar-refractivity contribution is -0.137. The van der Waals surface area contributed by atoms with Crippen molar-refractivity contribution in [1.29, 1.82) is 0 Å². The number of halogens is 3. The highest BCUT2D eigenvalue weighted by Gasteiger charge is 2.31. The minimum absolute atomic E-state index is 0.183. The highest BCUT2D eigenvalue weighted by atomic mass is 19.4. The van der Waals surface area contributed by atoms with Gasteiger partial charge in [0, 0.05) is 17.4 Å². The quantitative estimate of drug-likeness (QED) is 0.768. The Morgan fingerprint density at radius 3 is 2.33 bits per heavy atom. The minimum atomic E-state index is -4.42. The third kappa shape index (κ3) is 2.22. The van der Waals surface area contributed by atoms with Gasteiger partial charge in [-0.05, 0) is 30.3 Å². The third-order valence-electron chi connectivity index (χ3n) is 2.47. The minimum Gasteiger partial charge on any atom is -0.398 e. The molecule has 0 aliphatic rings. The van der Waals surface area contributed by atoms with Gasteiger partial charge in [0.2, 0.25) is 0 Å². The fourth-order valence-electron chi connectivity index (χ4n) is 1.58. The Kier molecular flexibility index (Phi) is 2.86. The van der Waals surface area contributed by atoms with Gasteiger partial charge in [0.25, 0.3) is 0 Å². The lowest BCUT2D eigenvalue weighted by Crippen LogP contribution is -2.06. The molecule has 6 heteroatoms. The molecule has 0 amide bonds. The maximum absolute atomic E-state index is 12.6. The molecular formula is C12H10F3N3. The van der Waals surface area contributed by atoms with E-state index in [2.05, 4.69) is 4.98 Å². The summed E-state index contributed by atoms with van der Waals surface area (Å²) in [4.78, 5) is 3.96. The molecule has 2 rings (SSSR count). The van der Waals surface area contributed by atoms with E-state index in [-0.39, 0.29) is 22.6 Å². The van der Waals surface area contributed by atoms with Gasteiger partial charge < -0.3 is 11.5 Å². The van der Waals surface area contributed by atoms with Crippen molar-refractivity contribution in [2.45, 2.75) is 6.18 Å². The highest BCUT2D eigenvalue weighted by Crippen LogP contribution is 2.35. The van der Waals surface area contributed by atoms with Crippen LogP contribution in [0, 0.1) is 0 Å². The van der Waals surface area contributed by atoms with Crippen LogP contribution >= 0.6 is 0 Å². The zero-order valence-corrected chi connectivity index (χ0v) is 9.20. The van der Waals surface area contributed by atoms with Crippen LogP contribution in [0.25, 0.3) is 11.3 Å². The zero-order chi connectivity index (χ0) is 13.3. The molecule has 0 aliphatic carbocycles. The molecule has 0 saturated carbocycles. The molecule has 0 radical (unpaired) electrons. The van der Waals surface area contributed by atoms with E-state index < -0.39 is 11.7 Å². The van der Waals surface area contributed by atoms with Gasteiger partial charge in [-0.15, -0.1) is 0 Å². The standard InChI is InChI=1S/C12H10F3N3/c13-12(14,15)7-3-4-9(16)8(6-7)11-10(17)2-1-5-18-11/h1-6H,16-17H2. The van der Waals surface area contributed by atoms with E-state index in [0.717, 1.165) is 12.1 Å². The van der Waals surface area contributed by atoms with Crippen molar-refractivity contribution in [1.82, 2.24) is 4.98 Å². The van der Waals surface area contributed by atoms with Gasteiger partial charge in [0.15, 0.2) is 0 Å². The second kappa shape index (κ2) is 4.21. The largest absolute Gasteiger partial charge is 0.416 e. The first-order valence-corrected chi connectivity index (χ1v) is 5.07. The first kappa shape index (κ1) is 12.2. The second-order valence-corrected chi connectivity index (χ2v) is 3.74. The van der Waals surface area contributed by atoms with Crippen molar-refractivity contribution in [2.75, 3.05) is 11.5 Å². The summed E-state index contributed by atoms with van der Waals surface area (Å²) in [6, 6.07) is 6.24. The summed E-state index contributed by atoms with van der Waals surface area (Å²) in [5.41, 5.74) is 11.5. The Labute approximate surface area is 101 Å². The van der Waals surface area contributed by atoms with Crippen LogP contribution in [0.2, 0.25) is 0 Å². The molecule has 2 aromatic rings. The molecule has 1 aromatic heterocycles. The summed E-state index contributed by atoms with van der Waals surface area (Å²) >= 11 is 0. The fraction of sp³-hybridized carbons (Fsp3) is 0.0833. The van der Waals surface area contributed by atoms with Gasteiger partial charge in [0.05, 0.1) is 16.9 Å². The van der Waals surface area contributed by atoms with Gasteiger partial charge in [-0.3, -0.25) is 4.98 Å². The van der Waals surface area contributed by atoms with Crippen LogP contribution in [-0.4, -0.2) is 4.98 Å². The molecule has 0 aliphatic heterocycles. The molecule has 0 spiro atoms. The molecule has 0 unspecified atom stereocenters. The summed E-state index contributed by atoms with van der Waals surface area (Å²) in [6.07, 6.45) is -2.97. The van der Waals surface area contributed by atoms with Crippen molar-refractivity contribution >= 4 is 11.4 Å². The van der Waals surface area contributed by atoms with Crippen LogP contribution in [0.1, 0.15) is 5.56 Å². The molecule has 4 N–H and O–H groups in total. The van der Waals surface area contributed by atoms with Gasteiger partial charge >= 0.3 is 6.18 Å². The van der Waals surface area contributed by atoms with Crippen molar-refractivity contribution in [2.24, 2.45) is 0 Å². The first-order valence-electron chi connectivity index (χ1n) is 5.07. The number of aromatic nitrogens is 1.